The van der Waals surface area contributed by atoms with E-state index in [1.165, 1.54) is 31.2 Å². The Kier molecular flexibility index (Phi) is 6.54. The summed E-state index contributed by atoms with van der Waals surface area (Å²) in [7, 11) is 0. The molecule has 0 saturated heterocycles. The van der Waals surface area contributed by atoms with Crippen LogP contribution in [-0.2, 0) is 9.59 Å². The van der Waals surface area contributed by atoms with Gasteiger partial charge in [-0.3, -0.25) is 9.59 Å². The number of carbonyl (C=O) groups excluding carboxylic acids is 2. The van der Waals surface area contributed by atoms with E-state index in [1.807, 2.05) is 0 Å². The fourth-order valence-corrected chi connectivity index (χ4v) is 3.87. The van der Waals surface area contributed by atoms with Crippen molar-refractivity contribution in [1.29, 1.82) is 0 Å². The lowest BCUT2D eigenvalue weighted by Gasteiger charge is -2.22. The van der Waals surface area contributed by atoms with Gasteiger partial charge in [0, 0.05) is 5.56 Å². The average Bonchev–Trinajstić information content (AvgIpc) is 3.43. The van der Waals surface area contributed by atoms with E-state index < -0.39 is 47.6 Å². The van der Waals surface area contributed by atoms with Crippen LogP contribution in [0, 0.1) is 18.6 Å². The number of carbonyl (C=O) groups is 2. The Morgan fingerprint density at radius 2 is 1.86 bits per heavy atom. The molecule has 1 fully saturated rings. The monoisotopic (exact) mass is 508 g/mol. The van der Waals surface area contributed by atoms with Gasteiger partial charge in [-0.15, -0.1) is 0 Å². The van der Waals surface area contributed by atoms with Crippen LogP contribution in [0.3, 0.4) is 0 Å². The molecule has 4 rings (SSSR count). The molecule has 36 heavy (non-hydrogen) atoms. The molecule has 0 radical (unpaired) electrons. The van der Waals surface area contributed by atoms with Gasteiger partial charge in [0.1, 0.15) is 23.6 Å². The summed E-state index contributed by atoms with van der Waals surface area (Å²) in [4.78, 5) is 28.3. The number of hydrogen-bond donors (Lipinski definition) is 2. The van der Waals surface area contributed by atoms with Gasteiger partial charge in [-0.25, -0.2) is 8.78 Å². The highest BCUT2D eigenvalue weighted by atomic mass is 19.4. The predicted molar refractivity (Wildman–Crippen MR) is 117 cm³/mol. The molecule has 1 aliphatic rings. The maximum Gasteiger partial charge on any atom is 0.397 e. The normalized spacial score (nSPS) is 15.3. The van der Waals surface area contributed by atoms with E-state index in [4.69, 9.17) is 4.52 Å². The second-order valence-corrected chi connectivity index (χ2v) is 8.66. The zero-order valence-corrected chi connectivity index (χ0v) is 19.2. The molecule has 1 atom stereocenters. The molecular formula is C24H21F5N4O3. The van der Waals surface area contributed by atoms with E-state index in [1.54, 1.807) is 13.0 Å². The van der Waals surface area contributed by atoms with Gasteiger partial charge < -0.3 is 15.2 Å². The number of nitrogens with zero attached hydrogens (tertiary/aromatic N) is 2. The zero-order chi connectivity index (χ0) is 26.3. The fraction of sp³-hybridized carbons (Fsp3) is 0.333. The first kappa shape index (κ1) is 25.3. The number of aryl methyl sites for hydroxylation is 1. The standard InChI is InChI=1S/C24H21F5N4O3/c1-12(30-22(35)23(8-9-23)32-19(34)11-24(27,28)29)15-7-6-14(10-18(15)26)16-4-3-5-17(25)20(16)21-31-13(2)33-36-21/h3-7,10,12H,8-9,11H2,1-2H3,(H,30,35)(H,32,34)/t12-/m0/s1. The van der Waals surface area contributed by atoms with E-state index in [-0.39, 0.29) is 29.9 Å². The number of nitrogens with one attached hydrogen (secondary N) is 2. The number of aromatic nitrogens is 2. The van der Waals surface area contributed by atoms with Gasteiger partial charge in [0.25, 0.3) is 5.89 Å². The van der Waals surface area contributed by atoms with Crippen molar-refractivity contribution in [2.75, 3.05) is 0 Å². The third-order valence-electron chi connectivity index (χ3n) is 5.80. The molecule has 2 amide bonds. The third-order valence-corrected chi connectivity index (χ3v) is 5.80. The minimum Gasteiger partial charge on any atom is -0.347 e. The molecule has 2 aromatic carbocycles. The highest BCUT2D eigenvalue weighted by Gasteiger charge is 2.52. The van der Waals surface area contributed by atoms with Crippen molar-refractivity contribution in [3.63, 3.8) is 0 Å². The van der Waals surface area contributed by atoms with Crippen molar-refractivity contribution < 1.29 is 36.1 Å². The van der Waals surface area contributed by atoms with Gasteiger partial charge in [-0.1, -0.05) is 29.4 Å². The number of hydrogen-bond acceptors (Lipinski definition) is 5. The summed E-state index contributed by atoms with van der Waals surface area (Å²) in [5, 5.41) is 8.35. The second-order valence-electron chi connectivity index (χ2n) is 8.66. The van der Waals surface area contributed by atoms with Crippen molar-refractivity contribution in [2.24, 2.45) is 0 Å². The van der Waals surface area contributed by atoms with E-state index in [2.05, 4.69) is 20.8 Å². The van der Waals surface area contributed by atoms with Gasteiger partial charge in [-0.2, -0.15) is 18.2 Å². The van der Waals surface area contributed by atoms with Gasteiger partial charge in [0.15, 0.2) is 5.82 Å². The van der Waals surface area contributed by atoms with E-state index in [0.717, 1.165) is 6.07 Å². The summed E-state index contributed by atoms with van der Waals surface area (Å²) < 4.78 is 72.1. The third kappa shape index (κ3) is 5.37. The second kappa shape index (κ2) is 9.32. The van der Waals surface area contributed by atoms with Crippen molar-refractivity contribution in [3.05, 3.63) is 59.4 Å². The predicted octanol–water partition coefficient (Wildman–Crippen LogP) is 4.77. The molecule has 1 aromatic heterocycles. The van der Waals surface area contributed by atoms with Gasteiger partial charge in [-0.05, 0) is 49.9 Å². The molecule has 7 nitrogen and oxygen atoms in total. The number of rotatable bonds is 7. The Labute approximate surface area is 202 Å². The van der Waals surface area contributed by atoms with E-state index in [0.29, 0.717) is 17.0 Å². The quantitative estimate of drug-likeness (QED) is 0.449. The topological polar surface area (TPSA) is 97.1 Å². The van der Waals surface area contributed by atoms with Crippen LogP contribution in [-0.4, -0.2) is 33.7 Å². The maximum atomic E-state index is 15.1. The van der Waals surface area contributed by atoms with E-state index >= 15 is 4.39 Å². The molecule has 1 saturated carbocycles. The van der Waals surface area contributed by atoms with Crippen LogP contribution in [0.4, 0.5) is 22.0 Å². The smallest absolute Gasteiger partial charge is 0.347 e. The first-order valence-electron chi connectivity index (χ1n) is 11.0. The number of amides is 2. The van der Waals surface area contributed by atoms with Gasteiger partial charge >= 0.3 is 6.18 Å². The summed E-state index contributed by atoms with van der Waals surface area (Å²) in [6.45, 7) is 3.07. The minimum absolute atomic E-state index is 0.0110. The molecule has 0 aliphatic heterocycles. The summed E-state index contributed by atoms with van der Waals surface area (Å²) in [6, 6.07) is 7.46. The van der Waals surface area contributed by atoms with Crippen LogP contribution in [0.15, 0.2) is 40.9 Å². The minimum atomic E-state index is -4.70. The summed E-state index contributed by atoms with van der Waals surface area (Å²) in [6.07, 6.45) is -6.04. The van der Waals surface area contributed by atoms with Crippen molar-refractivity contribution in [2.45, 2.75) is 50.9 Å². The van der Waals surface area contributed by atoms with Crippen LogP contribution < -0.4 is 10.6 Å². The van der Waals surface area contributed by atoms with Crippen molar-refractivity contribution in [3.8, 4) is 22.6 Å². The summed E-state index contributed by atoms with van der Waals surface area (Å²) >= 11 is 0. The van der Waals surface area contributed by atoms with Crippen LogP contribution in [0.25, 0.3) is 22.6 Å². The lowest BCUT2D eigenvalue weighted by atomic mass is 9.96. The largest absolute Gasteiger partial charge is 0.397 e. The van der Waals surface area contributed by atoms with E-state index in [9.17, 15) is 27.2 Å². The van der Waals surface area contributed by atoms with Crippen LogP contribution in [0.1, 0.15) is 43.6 Å². The van der Waals surface area contributed by atoms with Crippen LogP contribution in [0.2, 0.25) is 0 Å². The van der Waals surface area contributed by atoms with Crippen molar-refractivity contribution in [1.82, 2.24) is 20.8 Å². The summed E-state index contributed by atoms with van der Waals surface area (Å²) in [5.41, 5.74) is -0.706. The molecule has 0 spiro atoms. The molecule has 0 bridgehead atoms. The molecule has 12 heteroatoms. The number of halogens is 5. The maximum absolute atomic E-state index is 15.1. The van der Waals surface area contributed by atoms with Gasteiger partial charge in [0.2, 0.25) is 11.8 Å². The molecular weight excluding hydrogens is 487 g/mol. The number of alkyl halides is 3. The zero-order valence-electron chi connectivity index (χ0n) is 19.2. The first-order valence-corrected chi connectivity index (χ1v) is 11.0. The Hall–Kier alpha value is -3.83. The first-order chi connectivity index (χ1) is 16.9. The molecule has 1 aliphatic carbocycles. The fourth-order valence-electron chi connectivity index (χ4n) is 3.87. The van der Waals surface area contributed by atoms with Crippen LogP contribution >= 0.6 is 0 Å². The molecule has 2 N–H and O–H groups in total. The molecule has 1 heterocycles. The Balaban J connectivity index is 1.52. The lowest BCUT2D eigenvalue weighted by Crippen LogP contribution is -2.50. The summed E-state index contributed by atoms with van der Waals surface area (Å²) in [5.74, 6) is -3.11. The van der Waals surface area contributed by atoms with Crippen molar-refractivity contribution >= 4 is 11.8 Å². The Morgan fingerprint density at radius 3 is 2.44 bits per heavy atom. The number of benzene rings is 2. The SMILES string of the molecule is Cc1noc(-c2c(F)cccc2-c2ccc([C@H](C)NC(=O)C3(NC(=O)CC(F)(F)F)CC3)c(F)c2)n1. The van der Waals surface area contributed by atoms with Gasteiger partial charge in [0.05, 0.1) is 11.6 Å². The molecule has 0 unspecified atom stereocenters. The Morgan fingerprint density at radius 1 is 1.14 bits per heavy atom. The van der Waals surface area contributed by atoms with Crippen LogP contribution in [0.5, 0.6) is 0 Å². The highest BCUT2D eigenvalue weighted by molar-refractivity contribution is 5.94. The lowest BCUT2D eigenvalue weighted by molar-refractivity contribution is -0.155. The molecule has 3 aromatic rings. The average molecular weight is 508 g/mol. The molecule has 190 valence electrons. The Bertz CT molecular complexity index is 1320. The highest BCUT2D eigenvalue weighted by Crippen LogP contribution is 2.38.